The van der Waals surface area contributed by atoms with Crippen molar-refractivity contribution in [2.45, 2.75) is 62.8 Å². The monoisotopic (exact) mass is 451 g/mol. The van der Waals surface area contributed by atoms with E-state index in [1.54, 1.807) is 0 Å². The highest BCUT2D eigenvalue weighted by Gasteiger charge is 2.45. The molecule has 1 aliphatic carbocycles. The maximum absolute atomic E-state index is 13.2. The van der Waals surface area contributed by atoms with Crippen molar-refractivity contribution in [1.29, 1.82) is 0 Å². The van der Waals surface area contributed by atoms with E-state index in [4.69, 9.17) is 11.6 Å². The van der Waals surface area contributed by atoms with Gasteiger partial charge in [0.1, 0.15) is 0 Å². The van der Waals surface area contributed by atoms with Gasteiger partial charge in [-0.05, 0) is 75.4 Å². The van der Waals surface area contributed by atoms with E-state index in [0.29, 0.717) is 0 Å². The average molecular weight is 452 g/mol. The van der Waals surface area contributed by atoms with Gasteiger partial charge in [-0.3, -0.25) is 4.79 Å². The van der Waals surface area contributed by atoms with E-state index in [-0.39, 0.29) is 5.91 Å². The summed E-state index contributed by atoms with van der Waals surface area (Å²) in [6, 6.07) is 16.9. The predicted molar refractivity (Wildman–Crippen MR) is 133 cm³/mol. The molecule has 2 saturated heterocycles. The van der Waals surface area contributed by atoms with Gasteiger partial charge in [-0.25, -0.2) is 0 Å². The summed E-state index contributed by atoms with van der Waals surface area (Å²) in [7, 11) is 0. The Hall–Kier alpha value is -2.04. The van der Waals surface area contributed by atoms with Gasteiger partial charge < -0.3 is 15.1 Å². The molecule has 1 amide bonds. The fraction of sp³-hybridized carbons (Fsp3) is 0.519. The van der Waals surface area contributed by atoms with Gasteiger partial charge in [0, 0.05) is 24.8 Å². The normalized spacial score (nSPS) is 21.7. The number of likely N-dealkylation sites (tertiary alicyclic amines) is 1. The third-order valence-corrected chi connectivity index (χ3v) is 8.19. The zero-order valence-corrected chi connectivity index (χ0v) is 19.6. The topological polar surface area (TPSA) is 35.6 Å². The lowest BCUT2D eigenvalue weighted by atomic mass is 9.64. The number of rotatable bonds is 5. The fourth-order valence-electron chi connectivity index (χ4n) is 5.78. The van der Waals surface area contributed by atoms with E-state index in [9.17, 15) is 4.79 Å². The largest absolute Gasteiger partial charge is 0.370 e. The highest BCUT2D eigenvalue weighted by molar-refractivity contribution is 6.33. The van der Waals surface area contributed by atoms with Crippen LogP contribution in [0, 0.1) is 0 Å². The van der Waals surface area contributed by atoms with Gasteiger partial charge >= 0.3 is 0 Å². The van der Waals surface area contributed by atoms with E-state index < -0.39 is 5.41 Å². The van der Waals surface area contributed by atoms with Gasteiger partial charge in [0.15, 0.2) is 0 Å². The molecule has 32 heavy (non-hydrogen) atoms. The van der Waals surface area contributed by atoms with Crippen LogP contribution in [-0.2, 0) is 10.2 Å². The van der Waals surface area contributed by atoms with Crippen LogP contribution in [0.3, 0.4) is 0 Å². The van der Waals surface area contributed by atoms with Crippen molar-refractivity contribution < 1.29 is 4.79 Å². The molecule has 5 heteroatoms. The molecule has 0 spiro atoms. The van der Waals surface area contributed by atoms with E-state index in [1.165, 1.54) is 45.2 Å². The predicted octanol–water partition coefficient (Wildman–Crippen LogP) is 5.86. The second kappa shape index (κ2) is 9.44. The molecule has 0 bridgehead atoms. The lowest BCUT2D eigenvalue weighted by Crippen LogP contribution is -2.46. The number of hydrogen-bond acceptors (Lipinski definition) is 3. The van der Waals surface area contributed by atoms with Crippen LogP contribution in [0.5, 0.6) is 0 Å². The van der Waals surface area contributed by atoms with E-state index in [2.05, 4.69) is 33.3 Å². The third-order valence-electron chi connectivity index (χ3n) is 7.89. The van der Waals surface area contributed by atoms with E-state index in [1.807, 2.05) is 30.3 Å². The van der Waals surface area contributed by atoms with Crippen molar-refractivity contribution in [3.63, 3.8) is 0 Å². The summed E-state index contributed by atoms with van der Waals surface area (Å²) < 4.78 is 0. The van der Waals surface area contributed by atoms with Crippen LogP contribution in [0.25, 0.3) is 0 Å². The first-order valence-electron chi connectivity index (χ1n) is 12.3. The van der Waals surface area contributed by atoms with Crippen molar-refractivity contribution in [3.05, 3.63) is 59.1 Å². The summed E-state index contributed by atoms with van der Waals surface area (Å²) >= 11 is 6.71. The van der Waals surface area contributed by atoms with Gasteiger partial charge in [-0.1, -0.05) is 54.8 Å². The zero-order valence-electron chi connectivity index (χ0n) is 18.9. The van der Waals surface area contributed by atoms with Gasteiger partial charge in [-0.2, -0.15) is 0 Å². The first-order chi connectivity index (χ1) is 15.7. The fourth-order valence-corrected chi connectivity index (χ4v) is 6.08. The van der Waals surface area contributed by atoms with Gasteiger partial charge in [-0.15, -0.1) is 0 Å². The molecular weight excluding hydrogens is 418 g/mol. The van der Waals surface area contributed by atoms with Crippen molar-refractivity contribution in [2.24, 2.45) is 0 Å². The zero-order chi connectivity index (χ0) is 22.0. The van der Waals surface area contributed by atoms with Gasteiger partial charge in [0.2, 0.25) is 5.91 Å². The smallest absolute Gasteiger partial charge is 0.235 e. The average Bonchev–Trinajstić information content (AvgIpc) is 2.80. The highest BCUT2D eigenvalue weighted by atomic mass is 35.5. The number of anilines is 2. The number of hydrogen-bond donors (Lipinski definition) is 1. The Kier molecular flexibility index (Phi) is 6.43. The summed E-state index contributed by atoms with van der Waals surface area (Å²) in [5.74, 6) is 0.0844. The maximum atomic E-state index is 13.2. The van der Waals surface area contributed by atoms with Crippen LogP contribution >= 0.6 is 11.6 Å². The molecule has 0 aromatic heterocycles. The Morgan fingerprint density at radius 1 is 0.906 bits per heavy atom. The molecule has 170 valence electrons. The summed E-state index contributed by atoms with van der Waals surface area (Å²) in [4.78, 5) is 18.3. The second-order valence-electron chi connectivity index (χ2n) is 9.74. The molecule has 3 fully saturated rings. The molecule has 1 N–H and O–H groups in total. The van der Waals surface area contributed by atoms with Crippen molar-refractivity contribution >= 4 is 28.9 Å². The standard InChI is InChI=1S/C27H34ClN3O/c28-24-20-22(29-26(32)27(14-7-15-27)21-8-3-1-4-9-21)10-11-25(24)31-18-12-23(13-19-31)30-16-5-2-6-17-30/h1,3-4,8-11,20,23H,2,5-7,12-19H2,(H,29,32). The summed E-state index contributed by atoms with van der Waals surface area (Å²) in [5.41, 5.74) is 2.59. The Morgan fingerprint density at radius 2 is 1.62 bits per heavy atom. The number of benzene rings is 2. The van der Waals surface area contributed by atoms with Crippen LogP contribution in [0.2, 0.25) is 5.02 Å². The molecule has 2 heterocycles. The SMILES string of the molecule is O=C(Nc1ccc(N2CCC(N3CCCCC3)CC2)c(Cl)c1)C1(c2ccccc2)CCC1. The Balaban J connectivity index is 1.23. The Morgan fingerprint density at radius 3 is 2.25 bits per heavy atom. The molecule has 0 radical (unpaired) electrons. The Bertz CT molecular complexity index is 929. The van der Waals surface area contributed by atoms with Crippen LogP contribution < -0.4 is 10.2 Å². The van der Waals surface area contributed by atoms with Crippen LogP contribution in [-0.4, -0.2) is 43.0 Å². The quantitative estimate of drug-likeness (QED) is 0.618. The van der Waals surface area contributed by atoms with Crippen molar-refractivity contribution in [1.82, 2.24) is 4.90 Å². The number of nitrogens with zero attached hydrogens (tertiary/aromatic N) is 2. The molecule has 2 aromatic rings. The van der Waals surface area contributed by atoms with E-state index >= 15 is 0 Å². The number of carbonyl (C=O) groups excluding carboxylic acids is 1. The summed E-state index contributed by atoms with van der Waals surface area (Å²) in [5, 5.41) is 3.88. The van der Waals surface area contributed by atoms with Gasteiger partial charge in [0.05, 0.1) is 16.1 Å². The minimum absolute atomic E-state index is 0.0844. The van der Waals surface area contributed by atoms with Crippen LogP contribution in [0.1, 0.15) is 56.9 Å². The third kappa shape index (κ3) is 4.27. The molecule has 1 saturated carbocycles. The lowest BCUT2D eigenvalue weighted by molar-refractivity contribution is -0.124. The summed E-state index contributed by atoms with van der Waals surface area (Å²) in [6.07, 6.45) is 9.40. The lowest BCUT2D eigenvalue weighted by Gasteiger charge is -2.41. The Labute approximate surface area is 196 Å². The molecule has 2 aromatic carbocycles. The molecule has 3 aliphatic rings. The highest BCUT2D eigenvalue weighted by Crippen LogP contribution is 2.44. The molecule has 4 nitrogen and oxygen atoms in total. The molecular formula is C27H34ClN3O. The van der Waals surface area contributed by atoms with Crippen molar-refractivity contribution in [2.75, 3.05) is 36.4 Å². The minimum atomic E-state index is -0.400. The molecule has 5 rings (SSSR count). The summed E-state index contributed by atoms with van der Waals surface area (Å²) in [6.45, 7) is 4.63. The second-order valence-corrected chi connectivity index (χ2v) is 10.1. The number of piperidine rings is 2. The number of amides is 1. The van der Waals surface area contributed by atoms with Crippen LogP contribution in [0.4, 0.5) is 11.4 Å². The van der Waals surface area contributed by atoms with E-state index in [0.717, 1.165) is 60.4 Å². The van der Waals surface area contributed by atoms with Crippen LogP contribution in [0.15, 0.2) is 48.5 Å². The number of halogens is 1. The maximum Gasteiger partial charge on any atom is 0.235 e. The first-order valence-corrected chi connectivity index (χ1v) is 12.7. The molecule has 0 atom stereocenters. The molecule has 2 aliphatic heterocycles. The first kappa shape index (κ1) is 21.8. The number of nitrogens with one attached hydrogen (secondary N) is 1. The minimum Gasteiger partial charge on any atom is -0.370 e. The number of carbonyl (C=O) groups is 1. The molecule has 0 unspecified atom stereocenters. The van der Waals surface area contributed by atoms with Gasteiger partial charge in [0.25, 0.3) is 0 Å². The van der Waals surface area contributed by atoms with Crippen molar-refractivity contribution in [3.8, 4) is 0 Å².